The van der Waals surface area contributed by atoms with E-state index in [9.17, 15) is 23.4 Å². The third-order valence-electron chi connectivity index (χ3n) is 3.98. The summed E-state index contributed by atoms with van der Waals surface area (Å²) in [7, 11) is -0.617. The summed E-state index contributed by atoms with van der Waals surface area (Å²) in [5.74, 6) is 4.28. The first-order chi connectivity index (χ1) is 11.9. The van der Waals surface area contributed by atoms with Gasteiger partial charge in [-0.1, -0.05) is 5.92 Å². The van der Waals surface area contributed by atoms with Crippen LogP contribution in [0.5, 0.6) is 0 Å². The number of hydrogen-bond acceptors (Lipinski definition) is 6. The zero-order chi connectivity index (χ0) is 19.7. The van der Waals surface area contributed by atoms with E-state index < -0.39 is 33.6 Å². The maximum atomic E-state index is 12.5. The van der Waals surface area contributed by atoms with Gasteiger partial charge >= 0.3 is 0 Å². The van der Waals surface area contributed by atoms with Crippen molar-refractivity contribution >= 4 is 15.9 Å². The quantitative estimate of drug-likeness (QED) is 0.691. The molecule has 0 saturated carbocycles. The van der Waals surface area contributed by atoms with Gasteiger partial charge in [0.05, 0.1) is 11.9 Å². The van der Waals surface area contributed by atoms with Gasteiger partial charge in [0.1, 0.15) is 5.60 Å². The molecule has 0 radical (unpaired) electrons. The molecule has 0 bridgehead atoms. The van der Waals surface area contributed by atoms with Gasteiger partial charge in [0.15, 0.2) is 11.5 Å². The van der Waals surface area contributed by atoms with E-state index in [-0.39, 0.29) is 30.4 Å². The molecule has 0 aromatic carbocycles. The van der Waals surface area contributed by atoms with Crippen LogP contribution < -0.4 is 0 Å². The maximum Gasteiger partial charge on any atom is 0.289 e. The second kappa shape index (κ2) is 7.40. The lowest BCUT2D eigenvalue weighted by molar-refractivity contribution is 0.0733. The van der Waals surface area contributed by atoms with Crippen molar-refractivity contribution in [2.24, 2.45) is 5.92 Å². The molecule has 2 atom stereocenters. The number of carbonyl (C=O) groups is 1. The van der Waals surface area contributed by atoms with Crippen LogP contribution in [-0.4, -0.2) is 78.4 Å². The Morgan fingerprint density at radius 1 is 1.38 bits per heavy atom. The molecule has 26 heavy (non-hydrogen) atoms. The van der Waals surface area contributed by atoms with Crippen molar-refractivity contribution < 1.29 is 27.8 Å². The summed E-state index contributed by atoms with van der Waals surface area (Å²) in [5, 5.41) is 19.7. The summed E-state index contributed by atoms with van der Waals surface area (Å²) in [6.07, 6.45) is -0.918. The topological polar surface area (TPSA) is 111 Å². The van der Waals surface area contributed by atoms with Crippen LogP contribution in [0.15, 0.2) is 16.5 Å². The lowest BCUT2D eigenvalue weighted by atomic mass is 10.1. The lowest BCUT2D eigenvalue weighted by Gasteiger charge is -2.17. The van der Waals surface area contributed by atoms with Crippen molar-refractivity contribution in [3.05, 3.63) is 23.7 Å². The number of nitrogens with zero attached hydrogens (tertiary/aromatic N) is 2. The molecule has 1 saturated heterocycles. The molecule has 8 nitrogen and oxygen atoms in total. The Bertz CT molecular complexity index is 825. The second-order valence-electron chi connectivity index (χ2n) is 7.07. The van der Waals surface area contributed by atoms with Crippen molar-refractivity contribution in [3.63, 3.8) is 0 Å². The van der Waals surface area contributed by atoms with E-state index in [1.54, 1.807) is 0 Å². The van der Waals surface area contributed by atoms with Crippen LogP contribution in [0.25, 0.3) is 0 Å². The number of aliphatic hydroxyl groups excluding tert-OH is 1. The minimum atomic E-state index is -3.48. The van der Waals surface area contributed by atoms with Gasteiger partial charge in [-0.3, -0.25) is 4.79 Å². The molecule has 144 valence electrons. The van der Waals surface area contributed by atoms with Gasteiger partial charge in [0.25, 0.3) is 5.91 Å². The highest BCUT2D eigenvalue weighted by molar-refractivity contribution is 7.89. The van der Waals surface area contributed by atoms with E-state index in [4.69, 9.17) is 4.42 Å². The number of furan rings is 1. The first-order valence-electron chi connectivity index (χ1n) is 8.12. The van der Waals surface area contributed by atoms with E-state index in [1.807, 2.05) is 0 Å². The molecule has 1 amide bonds. The number of β-amino-alcohol motifs (C(OH)–C–C–N with tert-alkyl or cyclic N) is 1. The average molecular weight is 384 g/mol. The molecule has 0 spiro atoms. The number of sulfonamides is 1. The summed E-state index contributed by atoms with van der Waals surface area (Å²) in [4.78, 5) is 13.9. The van der Waals surface area contributed by atoms with Gasteiger partial charge < -0.3 is 19.5 Å². The number of amides is 1. The summed E-state index contributed by atoms with van der Waals surface area (Å²) < 4.78 is 30.5. The highest BCUT2D eigenvalue weighted by Crippen LogP contribution is 2.22. The summed E-state index contributed by atoms with van der Waals surface area (Å²) in [6.45, 7) is 3.22. The van der Waals surface area contributed by atoms with Crippen molar-refractivity contribution in [2.45, 2.75) is 25.6 Å². The number of hydrogen-bond donors (Lipinski definition) is 2. The van der Waals surface area contributed by atoms with E-state index in [1.165, 1.54) is 45.0 Å². The SMILES string of the molecule is CN(C)S(=O)(=O)C[C@@H]1CN(C(=O)c2ccc(C#CC(C)(C)O)o2)C[C@@H]1O. The molecule has 2 heterocycles. The molecule has 0 unspecified atom stereocenters. The molecule has 1 aliphatic heterocycles. The van der Waals surface area contributed by atoms with Gasteiger partial charge in [-0.05, 0) is 31.9 Å². The van der Waals surface area contributed by atoms with Crippen LogP contribution in [0.1, 0.15) is 30.2 Å². The summed E-state index contributed by atoms with van der Waals surface area (Å²) in [6, 6.07) is 2.99. The summed E-state index contributed by atoms with van der Waals surface area (Å²) >= 11 is 0. The molecule has 1 aliphatic rings. The molecule has 1 aromatic rings. The Labute approximate surface area is 153 Å². The fourth-order valence-electron chi connectivity index (χ4n) is 2.49. The Kier molecular flexibility index (Phi) is 5.82. The third kappa shape index (κ3) is 5.08. The maximum absolute atomic E-state index is 12.5. The fraction of sp³-hybridized carbons (Fsp3) is 0.588. The normalized spacial score (nSPS) is 21.0. The van der Waals surface area contributed by atoms with Crippen LogP contribution in [0, 0.1) is 17.8 Å². The van der Waals surface area contributed by atoms with Gasteiger partial charge in [-0.25, -0.2) is 12.7 Å². The summed E-state index contributed by atoms with van der Waals surface area (Å²) in [5.41, 5.74) is -1.18. The lowest BCUT2D eigenvalue weighted by Crippen LogP contribution is -2.33. The predicted molar refractivity (Wildman–Crippen MR) is 94.8 cm³/mol. The van der Waals surface area contributed by atoms with Crippen LogP contribution in [0.3, 0.4) is 0 Å². The monoisotopic (exact) mass is 384 g/mol. The van der Waals surface area contributed by atoms with E-state index in [0.717, 1.165) is 4.31 Å². The van der Waals surface area contributed by atoms with Gasteiger partial charge in [0.2, 0.25) is 10.0 Å². The predicted octanol–water partition coefficient (Wildman–Crippen LogP) is -0.274. The zero-order valence-corrected chi connectivity index (χ0v) is 16.1. The van der Waals surface area contributed by atoms with Crippen LogP contribution in [0.4, 0.5) is 0 Å². The first kappa shape index (κ1) is 20.5. The Hall–Kier alpha value is -1.86. The Morgan fingerprint density at radius 3 is 2.62 bits per heavy atom. The van der Waals surface area contributed by atoms with E-state index in [0.29, 0.717) is 0 Å². The van der Waals surface area contributed by atoms with Gasteiger partial charge in [-0.15, -0.1) is 0 Å². The molecule has 9 heteroatoms. The average Bonchev–Trinajstić information content (AvgIpc) is 3.11. The van der Waals surface area contributed by atoms with Gasteiger partial charge in [0, 0.05) is 33.1 Å². The molecular weight excluding hydrogens is 360 g/mol. The Morgan fingerprint density at radius 2 is 2.04 bits per heavy atom. The van der Waals surface area contributed by atoms with Crippen LogP contribution in [0.2, 0.25) is 0 Å². The van der Waals surface area contributed by atoms with Crippen molar-refractivity contribution in [2.75, 3.05) is 32.9 Å². The van der Waals surface area contributed by atoms with Crippen LogP contribution >= 0.6 is 0 Å². The second-order valence-corrected chi connectivity index (χ2v) is 9.30. The third-order valence-corrected chi connectivity index (χ3v) is 5.95. The van der Waals surface area contributed by atoms with E-state index in [2.05, 4.69) is 11.8 Å². The first-order valence-corrected chi connectivity index (χ1v) is 9.73. The molecular formula is C17H24N2O6S. The number of carbonyl (C=O) groups excluding carboxylic acids is 1. The molecule has 1 aromatic heterocycles. The number of aliphatic hydroxyl groups is 2. The molecule has 1 fully saturated rings. The smallest absolute Gasteiger partial charge is 0.289 e. The zero-order valence-electron chi connectivity index (χ0n) is 15.3. The minimum absolute atomic E-state index is 0.0395. The molecule has 2 rings (SSSR count). The number of rotatable bonds is 4. The molecule has 2 N–H and O–H groups in total. The highest BCUT2D eigenvalue weighted by atomic mass is 32.2. The largest absolute Gasteiger partial charge is 0.443 e. The minimum Gasteiger partial charge on any atom is -0.443 e. The van der Waals surface area contributed by atoms with Crippen molar-refractivity contribution in [1.29, 1.82) is 0 Å². The standard InChI is InChI=1S/C17H24N2O6S/c1-17(2,22)8-7-13-5-6-15(25-13)16(21)19-9-12(14(20)10-19)11-26(23,24)18(3)4/h5-6,12,14,20,22H,9-11H2,1-4H3/t12-,14-/m0/s1. The van der Waals surface area contributed by atoms with Gasteiger partial charge in [-0.2, -0.15) is 0 Å². The number of likely N-dealkylation sites (tertiary alicyclic amines) is 1. The van der Waals surface area contributed by atoms with Crippen LogP contribution in [-0.2, 0) is 10.0 Å². The highest BCUT2D eigenvalue weighted by Gasteiger charge is 2.38. The van der Waals surface area contributed by atoms with Crippen molar-refractivity contribution in [1.82, 2.24) is 9.21 Å². The fourth-order valence-corrected chi connectivity index (χ4v) is 3.66. The van der Waals surface area contributed by atoms with Crippen molar-refractivity contribution in [3.8, 4) is 11.8 Å². The van der Waals surface area contributed by atoms with E-state index >= 15 is 0 Å². The Balaban J connectivity index is 2.07. The molecule has 0 aliphatic carbocycles.